The molecule has 0 saturated carbocycles. The molecule has 0 radical (unpaired) electrons. The van der Waals surface area contributed by atoms with Crippen molar-refractivity contribution in [1.82, 2.24) is 0 Å². The smallest absolute Gasteiger partial charge is 0.381 e. The maximum absolute atomic E-state index is 13.1. The molecule has 18 heavy (non-hydrogen) atoms. The Bertz CT molecular complexity index is 411. The van der Waals surface area contributed by atoms with Crippen LogP contribution in [0.4, 0.5) is 13.2 Å². The van der Waals surface area contributed by atoms with Crippen molar-refractivity contribution in [3.63, 3.8) is 0 Å². The van der Waals surface area contributed by atoms with Gasteiger partial charge in [0.15, 0.2) is 0 Å². The molecule has 1 aliphatic rings. The average Bonchev–Trinajstić information content (AvgIpc) is 2.38. The molecule has 5 heteroatoms. The molecule has 0 N–H and O–H groups in total. The number of rotatable bonds is 2. The summed E-state index contributed by atoms with van der Waals surface area (Å²) >= 11 is 3.19. The molecule has 0 aromatic heterocycles. The van der Waals surface area contributed by atoms with E-state index in [4.69, 9.17) is 4.74 Å². The molecule has 2 rings (SSSR count). The van der Waals surface area contributed by atoms with Gasteiger partial charge in [0.25, 0.3) is 0 Å². The van der Waals surface area contributed by atoms with Crippen LogP contribution in [0.25, 0.3) is 0 Å². The Morgan fingerprint density at radius 1 is 1.22 bits per heavy atom. The minimum absolute atomic E-state index is 0.0419. The Morgan fingerprint density at radius 2 is 1.89 bits per heavy atom. The number of alkyl halides is 4. The lowest BCUT2D eigenvalue weighted by Gasteiger charge is -2.25. The second kappa shape index (κ2) is 5.61. The van der Waals surface area contributed by atoms with E-state index in [1.54, 1.807) is 12.1 Å². The molecule has 100 valence electrons. The zero-order chi connectivity index (χ0) is 13.2. The first-order chi connectivity index (χ1) is 8.52. The van der Waals surface area contributed by atoms with Crippen LogP contribution < -0.4 is 0 Å². The summed E-state index contributed by atoms with van der Waals surface area (Å²) in [5.74, 6) is -0.0419. The van der Waals surface area contributed by atoms with Crippen LogP contribution >= 0.6 is 15.9 Å². The highest BCUT2D eigenvalue weighted by Gasteiger charge is 2.35. The van der Waals surface area contributed by atoms with Crippen LogP contribution in [0, 0.1) is 0 Å². The monoisotopic (exact) mass is 322 g/mol. The second-order valence-corrected chi connectivity index (χ2v) is 5.00. The van der Waals surface area contributed by atoms with E-state index in [1.165, 1.54) is 6.07 Å². The zero-order valence-electron chi connectivity index (χ0n) is 9.77. The summed E-state index contributed by atoms with van der Waals surface area (Å²) in [5, 5.41) is 0.435. The predicted molar refractivity (Wildman–Crippen MR) is 66.9 cm³/mol. The van der Waals surface area contributed by atoms with E-state index in [1.807, 2.05) is 0 Å². The minimum Gasteiger partial charge on any atom is -0.381 e. The lowest BCUT2D eigenvalue weighted by molar-refractivity contribution is -0.138. The molecule has 0 aliphatic carbocycles. The van der Waals surface area contributed by atoms with Crippen molar-refractivity contribution in [2.24, 2.45) is 0 Å². The summed E-state index contributed by atoms with van der Waals surface area (Å²) in [7, 11) is 0. The van der Waals surface area contributed by atoms with Crippen molar-refractivity contribution in [1.29, 1.82) is 0 Å². The van der Waals surface area contributed by atoms with Gasteiger partial charge in [-0.15, -0.1) is 0 Å². The highest BCUT2D eigenvalue weighted by atomic mass is 79.9. The molecule has 1 heterocycles. The number of benzene rings is 1. The van der Waals surface area contributed by atoms with Gasteiger partial charge in [-0.1, -0.05) is 28.1 Å². The molecule has 0 spiro atoms. The maximum Gasteiger partial charge on any atom is 0.416 e. The molecule has 0 bridgehead atoms. The Balaban J connectivity index is 2.38. The Kier molecular flexibility index (Phi) is 4.33. The summed E-state index contributed by atoms with van der Waals surface area (Å²) in [4.78, 5) is 0. The molecule has 0 atom stereocenters. The van der Waals surface area contributed by atoms with Crippen molar-refractivity contribution in [2.45, 2.75) is 30.3 Å². The standard InChI is InChI=1S/C13H14BrF3O/c14-8-9-1-2-11(10-3-5-18-6-4-10)12(7-9)13(15,16)17/h1-2,7,10H,3-6,8H2. The van der Waals surface area contributed by atoms with Gasteiger partial charge in [0.05, 0.1) is 5.56 Å². The van der Waals surface area contributed by atoms with Gasteiger partial charge in [0.1, 0.15) is 0 Å². The van der Waals surface area contributed by atoms with Crippen molar-refractivity contribution in [3.05, 3.63) is 34.9 Å². The van der Waals surface area contributed by atoms with Crippen LogP contribution in [0.3, 0.4) is 0 Å². The molecule has 1 nitrogen and oxygen atoms in total. The predicted octanol–water partition coefficient (Wildman–Crippen LogP) is 4.49. The van der Waals surface area contributed by atoms with E-state index in [-0.39, 0.29) is 5.92 Å². The van der Waals surface area contributed by atoms with Crippen molar-refractivity contribution < 1.29 is 17.9 Å². The third-order valence-corrected chi connectivity index (χ3v) is 3.89. The normalized spacial score (nSPS) is 18.0. The van der Waals surface area contributed by atoms with Gasteiger partial charge < -0.3 is 4.74 Å². The lowest BCUT2D eigenvalue weighted by Crippen LogP contribution is -2.18. The fourth-order valence-corrected chi connectivity index (χ4v) is 2.65. The highest BCUT2D eigenvalue weighted by Crippen LogP contribution is 2.39. The number of halogens is 4. The molecule has 1 aromatic rings. The summed E-state index contributed by atoms with van der Waals surface area (Å²) in [6.45, 7) is 1.09. The zero-order valence-corrected chi connectivity index (χ0v) is 11.4. The topological polar surface area (TPSA) is 9.23 Å². The number of hydrogen-bond acceptors (Lipinski definition) is 1. The van der Waals surface area contributed by atoms with E-state index >= 15 is 0 Å². The van der Waals surface area contributed by atoms with E-state index in [0.717, 1.165) is 0 Å². The summed E-state index contributed by atoms with van der Waals surface area (Å²) in [6.07, 6.45) is -2.96. The Morgan fingerprint density at radius 3 is 2.44 bits per heavy atom. The van der Waals surface area contributed by atoms with Crippen LogP contribution in [-0.2, 0) is 16.2 Å². The van der Waals surface area contributed by atoms with Crippen LogP contribution in [-0.4, -0.2) is 13.2 Å². The molecule has 1 aromatic carbocycles. The fraction of sp³-hybridized carbons (Fsp3) is 0.538. The molecule has 0 unspecified atom stereocenters. The molecular weight excluding hydrogens is 309 g/mol. The van der Waals surface area contributed by atoms with E-state index < -0.39 is 11.7 Å². The number of hydrogen-bond donors (Lipinski definition) is 0. The molecule has 1 fully saturated rings. The highest BCUT2D eigenvalue weighted by molar-refractivity contribution is 9.08. The van der Waals surface area contributed by atoms with Crippen LogP contribution in [0.5, 0.6) is 0 Å². The fourth-order valence-electron chi connectivity index (χ4n) is 2.30. The average molecular weight is 323 g/mol. The Hall–Kier alpha value is -0.550. The summed E-state index contributed by atoms with van der Waals surface area (Å²) in [6, 6.07) is 4.63. The molecule has 0 amide bonds. The van der Waals surface area contributed by atoms with Gasteiger partial charge in [-0.25, -0.2) is 0 Å². The van der Waals surface area contributed by atoms with Gasteiger partial charge in [-0.05, 0) is 36.0 Å². The second-order valence-electron chi connectivity index (χ2n) is 4.44. The summed E-state index contributed by atoms with van der Waals surface area (Å²) < 4.78 is 44.4. The van der Waals surface area contributed by atoms with Gasteiger partial charge in [-0.2, -0.15) is 13.2 Å². The number of ether oxygens (including phenoxy) is 1. The van der Waals surface area contributed by atoms with Gasteiger partial charge in [0, 0.05) is 18.5 Å². The van der Waals surface area contributed by atoms with E-state index in [0.29, 0.717) is 42.5 Å². The third kappa shape index (κ3) is 3.06. The van der Waals surface area contributed by atoms with Crippen LogP contribution in [0.1, 0.15) is 35.4 Å². The lowest BCUT2D eigenvalue weighted by atomic mass is 9.87. The minimum atomic E-state index is -4.29. The van der Waals surface area contributed by atoms with Crippen LogP contribution in [0.15, 0.2) is 18.2 Å². The third-order valence-electron chi connectivity index (χ3n) is 3.24. The first-order valence-electron chi connectivity index (χ1n) is 5.86. The van der Waals surface area contributed by atoms with Gasteiger partial charge >= 0.3 is 6.18 Å². The first kappa shape index (κ1) is 13.9. The van der Waals surface area contributed by atoms with Gasteiger partial charge in [-0.3, -0.25) is 0 Å². The van der Waals surface area contributed by atoms with Crippen molar-refractivity contribution >= 4 is 15.9 Å². The van der Waals surface area contributed by atoms with Gasteiger partial charge in [0.2, 0.25) is 0 Å². The maximum atomic E-state index is 13.1. The Labute approximate surface area is 112 Å². The quantitative estimate of drug-likeness (QED) is 0.729. The SMILES string of the molecule is FC(F)(F)c1cc(CBr)ccc1C1CCOCC1. The van der Waals surface area contributed by atoms with Crippen molar-refractivity contribution in [2.75, 3.05) is 13.2 Å². The molecular formula is C13H14BrF3O. The largest absolute Gasteiger partial charge is 0.416 e. The molecule has 1 saturated heterocycles. The molecule has 1 aliphatic heterocycles. The van der Waals surface area contributed by atoms with Crippen LogP contribution in [0.2, 0.25) is 0 Å². The summed E-state index contributed by atoms with van der Waals surface area (Å²) in [5.41, 5.74) is 0.569. The van der Waals surface area contributed by atoms with Crippen molar-refractivity contribution in [3.8, 4) is 0 Å². The first-order valence-corrected chi connectivity index (χ1v) is 6.98. The van der Waals surface area contributed by atoms with E-state index in [9.17, 15) is 13.2 Å². The van der Waals surface area contributed by atoms with E-state index in [2.05, 4.69) is 15.9 Å².